The van der Waals surface area contributed by atoms with Crippen molar-refractivity contribution in [3.05, 3.63) is 48.7 Å². The van der Waals surface area contributed by atoms with Crippen LogP contribution in [0.1, 0.15) is 0 Å². The summed E-state index contributed by atoms with van der Waals surface area (Å²) in [5.41, 5.74) is 7.26. The molecule has 0 aliphatic carbocycles. The van der Waals surface area contributed by atoms with Gasteiger partial charge in [-0.1, -0.05) is 23.9 Å². The van der Waals surface area contributed by atoms with Crippen LogP contribution in [0.5, 0.6) is 5.75 Å². The zero-order valence-corrected chi connectivity index (χ0v) is 11.6. The molecule has 0 amide bonds. The molecule has 0 bridgehead atoms. The molecule has 0 atom stereocenters. The van der Waals surface area contributed by atoms with Crippen molar-refractivity contribution < 1.29 is 4.74 Å². The summed E-state index contributed by atoms with van der Waals surface area (Å²) in [7, 11) is 0. The van der Waals surface area contributed by atoms with E-state index in [0.29, 0.717) is 12.3 Å². The van der Waals surface area contributed by atoms with Crippen molar-refractivity contribution in [3.63, 3.8) is 0 Å². The molecule has 3 rings (SSSR count). The van der Waals surface area contributed by atoms with E-state index in [1.54, 1.807) is 11.8 Å². The number of ether oxygens (including phenoxy) is 1. The molecule has 2 aromatic heterocycles. The number of fused-ring (bicyclic) bond motifs is 1. The topological polar surface area (TPSA) is 65.4 Å². The van der Waals surface area contributed by atoms with E-state index in [1.165, 1.54) is 0 Å². The number of hydrogen-bond donors (Lipinski definition) is 1. The number of anilines is 1. The molecule has 20 heavy (non-hydrogen) atoms. The minimum absolute atomic E-state index is 0.593. The van der Waals surface area contributed by atoms with E-state index in [4.69, 9.17) is 10.5 Å². The van der Waals surface area contributed by atoms with Crippen LogP contribution in [0.2, 0.25) is 0 Å². The van der Waals surface area contributed by atoms with Gasteiger partial charge in [-0.05, 0) is 24.3 Å². The zero-order chi connectivity index (χ0) is 13.8. The van der Waals surface area contributed by atoms with Gasteiger partial charge in [0.1, 0.15) is 5.75 Å². The monoisotopic (exact) mass is 286 g/mol. The van der Waals surface area contributed by atoms with Crippen LogP contribution >= 0.6 is 11.8 Å². The summed E-state index contributed by atoms with van der Waals surface area (Å²) in [6.45, 7) is 0.593. The van der Waals surface area contributed by atoms with Crippen molar-refractivity contribution in [1.82, 2.24) is 14.6 Å². The highest BCUT2D eigenvalue weighted by Crippen LogP contribution is 2.18. The summed E-state index contributed by atoms with van der Waals surface area (Å²) in [6, 6.07) is 13.3. The molecule has 0 unspecified atom stereocenters. The van der Waals surface area contributed by atoms with Crippen LogP contribution < -0.4 is 10.5 Å². The van der Waals surface area contributed by atoms with E-state index in [9.17, 15) is 0 Å². The maximum Gasteiger partial charge on any atom is 0.195 e. The average Bonchev–Trinajstić information content (AvgIpc) is 2.87. The first-order valence-electron chi connectivity index (χ1n) is 6.24. The van der Waals surface area contributed by atoms with Gasteiger partial charge in [-0.2, -0.15) is 0 Å². The van der Waals surface area contributed by atoms with Crippen molar-refractivity contribution in [3.8, 4) is 5.75 Å². The molecule has 1 aromatic carbocycles. The van der Waals surface area contributed by atoms with Gasteiger partial charge in [0.2, 0.25) is 0 Å². The molecular weight excluding hydrogens is 272 g/mol. The third-order valence-electron chi connectivity index (χ3n) is 2.72. The Labute approximate surface area is 120 Å². The SMILES string of the molecule is Nc1cccc(OCCSc2nnc3ccccn23)c1. The van der Waals surface area contributed by atoms with Crippen LogP contribution in [0, 0.1) is 0 Å². The van der Waals surface area contributed by atoms with Gasteiger partial charge >= 0.3 is 0 Å². The van der Waals surface area contributed by atoms with Gasteiger partial charge in [-0.15, -0.1) is 10.2 Å². The normalized spacial score (nSPS) is 10.8. The fourth-order valence-corrected chi connectivity index (χ4v) is 2.56. The Morgan fingerprint density at radius 1 is 1.15 bits per heavy atom. The lowest BCUT2D eigenvalue weighted by Gasteiger charge is -2.05. The number of pyridine rings is 1. The van der Waals surface area contributed by atoms with Crippen LogP contribution in [0.3, 0.4) is 0 Å². The summed E-state index contributed by atoms with van der Waals surface area (Å²) in [6.07, 6.45) is 1.95. The van der Waals surface area contributed by atoms with Gasteiger partial charge in [-0.3, -0.25) is 4.40 Å². The van der Waals surface area contributed by atoms with E-state index in [2.05, 4.69) is 10.2 Å². The molecule has 0 radical (unpaired) electrons. The van der Waals surface area contributed by atoms with Gasteiger partial charge in [-0.25, -0.2) is 0 Å². The van der Waals surface area contributed by atoms with E-state index < -0.39 is 0 Å². The standard InChI is InChI=1S/C14H14N4OS/c15-11-4-3-5-12(10-11)19-8-9-20-14-17-16-13-6-1-2-7-18(13)14/h1-7,10H,8-9,15H2. The molecule has 5 nitrogen and oxygen atoms in total. The first-order chi connectivity index (χ1) is 9.83. The number of benzene rings is 1. The Bertz CT molecular complexity index is 713. The Kier molecular flexibility index (Phi) is 3.73. The Morgan fingerprint density at radius 2 is 2.10 bits per heavy atom. The van der Waals surface area contributed by atoms with E-state index >= 15 is 0 Å². The molecule has 0 aliphatic rings. The van der Waals surface area contributed by atoms with Crippen LogP contribution in [0.25, 0.3) is 5.65 Å². The lowest BCUT2D eigenvalue weighted by atomic mass is 10.3. The predicted octanol–water partition coefficient (Wildman–Crippen LogP) is 2.48. The second kappa shape index (κ2) is 5.83. The van der Waals surface area contributed by atoms with Gasteiger partial charge in [0, 0.05) is 23.7 Å². The molecule has 2 N–H and O–H groups in total. The number of nitrogens with zero attached hydrogens (tertiary/aromatic N) is 3. The molecule has 102 valence electrons. The third kappa shape index (κ3) is 2.85. The predicted molar refractivity (Wildman–Crippen MR) is 80.1 cm³/mol. The molecule has 0 saturated heterocycles. The van der Waals surface area contributed by atoms with E-state index in [1.807, 2.05) is 53.1 Å². The highest BCUT2D eigenvalue weighted by atomic mass is 32.2. The van der Waals surface area contributed by atoms with E-state index in [-0.39, 0.29) is 0 Å². The minimum Gasteiger partial charge on any atom is -0.493 e. The first kappa shape index (κ1) is 12.8. The van der Waals surface area contributed by atoms with Crippen molar-refractivity contribution >= 4 is 23.1 Å². The number of nitrogens with two attached hydrogens (primary N) is 1. The quantitative estimate of drug-likeness (QED) is 0.443. The summed E-state index contributed by atoms with van der Waals surface area (Å²) >= 11 is 1.61. The van der Waals surface area contributed by atoms with Gasteiger partial charge in [0.15, 0.2) is 10.8 Å². The van der Waals surface area contributed by atoms with Crippen molar-refractivity contribution in [2.45, 2.75) is 5.16 Å². The molecule has 0 saturated carbocycles. The molecule has 0 spiro atoms. The number of rotatable bonds is 5. The second-order valence-electron chi connectivity index (χ2n) is 4.18. The van der Waals surface area contributed by atoms with Gasteiger partial charge in [0.05, 0.1) is 6.61 Å². The third-order valence-corrected chi connectivity index (χ3v) is 3.63. The van der Waals surface area contributed by atoms with Crippen LogP contribution in [0.4, 0.5) is 5.69 Å². The molecule has 2 heterocycles. The number of hydrogen-bond acceptors (Lipinski definition) is 5. The van der Waals surface area contributed by atoms with Crippen LogP contribution in [0.15, 0.2) is 53.8 Å². The molecule has 3 aromatic rings. The Morgan fingerprint density at radius 3 is 3.00 bits per heavy atom. The van der Waals surface area contributed by atoms with E-state index in [0.717, 1.165) is 22.3 Å². The maximum atomic E-state index is 5.70. The fraction of sp³-hybridized carbons (Fsp3) is 0.143. The largest absolute Gasteiger partial charge is 0.493 e. The smallest absolute Gasteiger partial charge is 0.195 e. The Balaban J connectivity index is 1.55. The lowest BCUT2D eigenvalue weighted by molar-refractivity contribution is 0.344. The van der Waals surface area contributed by atoms with Crippen molar-refractivity contribution in [2.75, 3.05) is 18.1 Å². The average molecular weight is 286 g/mol. The van der Waals surface area contributed by atoms with Crippen molar-refractivity contribution in [1.29, 1.82) is 0 Å². The van der Waals surface area contributed by atoms with Gasteiger partial charge < -0.3 is 10.5 Å². The molecule has 6 heteroatoms. The number of nitrogen functional groups attached to an aromatic ring is 1. The lowest BCUT2D eigenvalue weighted by Crippen LogP contribution is -2.01. The molecular formula is C14H14N4OS. The second-order valence-corrected chi connectivity index (χ2v) is 5.24. The van der Waals surface area contributed by atoms with Crippen LogP contribution in [-0.4, -0.2) is 27.0 Å². The summed E-state index contributed by atoms with van der Waals surface area (Å²) in [5.74, 6) is 1.58. The Hall–Kier alpha value is -2.21. The minimum atomic E-state index is 0.593. The number of thioether (sulfide) groups is 1. The highest BCUT2D eigenvalue weighted by Gasteiger charge is 2.04. The van der Waals surface area contributed by atoms with Crippen molar-refractivity contribution in [2.24, 2.45) is 0 Å². The fourth-order valence-electron chi connectivity index (χ4n) is 1.81. The summed E-state index contributed by atoms with van der Waals surface area (Å²) < 4.78 is 7.60. The number of aromatic nitrogens is 3. The zero-order valence-electron chi connectivity index (χ0n) is 10.8. The summed E-state index contributed by atoms with van der Waals surface area (Å²) in [5, 5.41) is 9.13. The van der Waals surface area contributed by atoms with Crippen LogP contribution in [-0.2, 0) is 0 Å². The highest BCUT2D eigenvalue weighted by molar-refractivity contribution is 7.99. The molecule has 0 fully saturated rings. The summed E-state index contributed by atoms with van der Waals surface area (Å²) in [4.78, 5) is 0. The molecule has 0 aliphatic heterocycles. The first-order valence-corrected chi connectivity index (χ1v) is 7.22. The maximum absolute atomic E-state index is 5.70. The van der Waals surface area contributed by atoms with Gasteiger partial charge in [0.25, 0.3) is 0 Å².